The molecule has 0 heterocycles. The number of benzene rings is 1. The highest BCUT2D eigenvalue weighted by Gasteiger charge is 2.20. The van der Waals surface area contributed by atoms with Gasteiger partial charge in [0.25, 0.3) is 11.6 Å². The molecule has 0 unspecified atom stereocenters. The molecule has 0 aromatic heterocycles. The van der Waals surface area contributed by atoms with E-state index in [9.17, 15) is 23.3 Å². The first-order chi connectivity index (χ1) is 9.65. The Morgan fingerprint density at radius 2 is 2.10 bits per heavy atom. The first kappa shape index (κ1) is 16.9. The molecule has 0 saturated heterocycles. The molecule has 21 heavy (non-hydrogen) atoms. The number of hydrogen-bond acceptors (Lipinski definition) is 7. The van der Waals surface area contributed by atoms with Crippen molar-refractivity contribution in [1.82, 2.24) is 4.90 Å². The SMILES string of the molecule is CN(CCS(C)(=O)=O)C(=O)c1cc([N+](=O)[O-])ccc1NN. The number of carbonyl (C=O) groups is 1. The summed E-state index contributed by atoms with van der Waals surface area (Å²) >= 11 is 0. The lowest BCUT2D eigenvalue weighted by molar-refractivity contribution is -0.384. The fraction of sp³-hybridized carbons (Fsp3) is 0.364. The second-order valence-corrected chi connectivity index (χ2v) is 6.75. The number of hydrazine groups is 1. The summed E-state index contributed by atoms with van der Waals surface area (Å²) in [7, 11) is -1.81. The van der Waals surface area contributed by atoms with Crippen molar-refractivity contribution < 1.29 is 18.1 Å². The molecule has 0 bridgehead atoms. The summed E-state index contributed by atoms with van der Waals surface area (Å²) in [6.07, 6.45) is 1.06. The largest absolute Gasteiger partial charge is 0.341 e. The van der Waals surface area contributed by atoms with E-state index in [0.717, 1.165) is 12.3 Å². The Morgan fingerprint density at radius 3 is 2.57 bits per heavy atom. The molecule has 1 rings (SSSR count). The van der Waals surface area contributed by atoms with Crippen LogP contribution in [0.5, 0.6) is 0 Å². The third kappa shape index (κ3) is 4.68. The van der Waals surface area contributed by atoms with Crippen LogP contribution < -0.4 is 11.3 Å². The van der Waals surface area contributed by atoms with E-state index in [1.165, 1.54) is 24.1 Å². The van der Waals surface area contributed by atoms with Crippen LogP contribution in [0, 0.1) is 10.1 Å². The summed E-state index contributed by atoms with van der Waals surface area (Å²) in [5.41, 5.74) is 2.25. The zero-order chi connectivity index (χ0) is 16.2. The first-order valence-electron chi connectivity index (χ1n) is 5.84. The van der Waals surface area contributed by atoms with Gasteiger partial charge in [0.05, 0.1) is 21.9 Å². The molecular formula is C11H16N4O5S. The maximum absolute atomic E-state index is 12.2. The van der Waals surface area contributed by atoms with Crippen molar-refractivity contribution >= 4 is 27.1 Å². The van der Waals surface area contributed by atoms with Gasteiger partial charge in [-0.2, -0.15) is 0 Å². The number of carbonyl (C=O) groups excluding carboxylic acids is 1. The molecule has 3 N–H and O–H groups in total. The molecule has 9 nitrogen and oxygen atoms in total. The molecular weight excluding hydrogens is 300 g/mol. The van der Waals surface area contributed by atoms with Crippen LogP contribution in [0.4, 0.5) is 11.4 Å². The van der Waals surface area contributed by atoms with Crippen LogP contribution in [0.15, 0.2) is 18.2 Å². The van der Waals surface area contributed by atoms with Gasteiger partial charge in [0, 0.05) is 32.0 Å². The van der Waals surface area contributed by atoms with Gasteiger partial charge >= 0.3 is 0 Å². The van der Waals surface area contributed by atoms with Gasteiger partial charge in [0.1, 0.15) is 9.84 Å². The zero-order valence-corrected chi connectivity index (χ0v) is 12.4. The number of anilines is 1. The van der Waals surface area contributed by atoms with Gasteiger partial charge in [-0.25, -0.2) is 8.42 Å². The van der Waals surface area contributed by atoms with E-state index in [0.29, 0.717) is 0 Å². The Balaban J connectivity index is 3.04. The Hall–Kier alpha value is -2.20. The molecule has 0 aliphatic carbocycles. The van der Waals surface area contributed by atoms with Crippen LogP contribution >= 0.6 is 0 Å². The quantitative estimate of drug-likeness (QED) is 0.428. The maximum atomic E-state index is 12.2. The summed E-state index contributed by atoms with van der Waals surface area (Å²) in [6.45, 7) is -0.0234. The van der Waals surface area contributed by atoms with Gasteiger partial charge in [-0.1, -0.05) is 0 Å². The number of nitro benzene ring substituents is 1. The van der Waals surface area contributed by atoms with Crippen LogP contribution in [-0.2, 0) is 9.84 Å². The number of amides is 1. The summed E-state index contributed by atoms with van der Waals surface area (Å²) in [4.78, 5) is 23.5. The lowest BCUT2D eigenvalue weighted by Crippen LogP contribution is -2.32. The minimum Gasteiger partial charge on any atom is -0.341 e. The molecule has 1 aromatic carbocycles. The maximum Gasteiger partial charge on any atom is 0.270 e. The average molecular weight is 316 g/mol. The second kappa shape index (κ2) is 6.50. The zero-order valence-electron chi connectivity index (χ0n) is 11.6. The fourth-order valence-corrected chi connectivity index (χ4v) is 2.16. The predicted molar refractivity (Wildman–Crippen MR) is 77.6 cm³/mol. The number of nitrogens with zero attached hydrogens (tertiary/aromatic N) is 2. The number of hydrogen-bond donors (Lipinski definition) is 2. The third-order valence-electron chi connectivity index (χ3n) is 2.74. The number of nitrogens with two attached hydrogens (primary N) is 1. The molecule has 0 radical (unpaired) electrons. The highest BCUT2D eigenvalue weighted by Crippen LogP contribution is 2.22. The van der Waals surface area contributed by atoms with E-state index in [4.69, 9.17) is 5.84 Å². The lowest BCUT2D eigenvalue weighted by atomic mass is 10.1. The van der Waals surface area contributed by atoms with E-state index < -0.39 is 20.7 Å². The van der Waals surface area contributed by atoms with E-state index in [2.05, 4.69) is 5.43 Å². The predicted octanol–water partition coefficient (Wildman–Crippen LogP) is -0.00300. The van der Waals surface area contributed by atoms with Crippen LogP contribution in [0.3, 0.4) is 0 Å². The lowest BCUT2D eigenvalue weighted by Gasteiger charge is -2.18. The smallest absolute Gasteiger partial charge is 0.270 e. The van der Waals surface area contributed by atoms with Gasteiger partial charge in [0.2, 0.25) is 0 Å². The monoisotopic (exact) mass is 316 g/mol. The van der Waals surface area contributed by atoms with Gasteiger partial charge in [0.15, 0.2) is 0 Å². The van der Waals surface area contributed by atoms with E-state index in [-0.39, 0.29) is 29.2 Å². The Bertz CT molecular complexity index is 659. The van der Waals surface area contributed by atoms with Crippen LogP contribution in [0.2, 0.25) is 0 Å². The van der Waals surface area contributed by atoms with Crippen molar-refractivity contribution in [3.05, 3.63) is 33.9 Å². The second-order valence-electron chi connectivity index (χ2n) is 4.49. The summed E-state index contributed by atoms with van der Waals surface area (Å²) in [6, 6.07) is 3.62. The fourth-order valence-electron chi connectivity index (χ4n) is 1.56. The number of non-ortho nitro benzene ring substituents is 1. The van der Waals surface area contributed by atoms with Gasteiger partial charge in [-0.05, 0) is 6.07 Å². The minimum absolute atomic E-state index is 0.00250. The summed E-state index contributed by atoms with van der Waals surface area (Å²) < 4.78 is 22.2. The highest BCUT2D eigenvalue weighted by atomic mass is 32.2. The number of nitrogens with one attached hydrogen (secondary N) is 1. The van der Waals surface area contributed by atoms with Crippen molar-refractivity contribution in [3.63, 3.8) is 0 Å². The van der Waals surface area contributed by atoms with Gasteiger partial charge in [-0.3, -0.25) is 20.8 Å². The molecule has 0 atom stereocenters. The third-order valence-corrected chi connectivity index (χ3v) is 3.67. The minimum atomic E-state index is -3.21. The Kier molecular flexibility index (Phi) is 5.22. The standard InChI is InChI=1S/C11H16N4O5S/c1-14(5-6-21(2,19)20)11(16)9-7-8(15(17)18)3-4-10(9)13-12/h3-4,7,13H,5-6,12H2,1-2H3. The molecule has 1 aromatic rings. The molecule has 0 saturated carbocycles. The van der Waals surface area contributed by atoms with Crippen LogP contribution in [0.1, 0.15) is 10.4 Å². The Labute approximate surface area is 121 Å². The topological polar surface area (TPSA) is 136 Å². The molecule has 10 heteroatoms. The molecule has 0 fully saturated rings. The average Bonchev–Trinajstić information content (AvgIpc) is 2.42. The van der Waals surface area contributed by atoms with E-state index in [1.54, 1.807) is 0 Å². The Morgan fingerprint density at radius 1 is 1.48 bits per heavy atom. The van der Waals surface area contributed by atoms with Crippen LogP contribution in [-0.4, -0.2) is 49.7 Å². The summed E-state index contributed by atoms with van der Waals surface area (Å²) in [5.74, 6) is 4.51. The first-order valence-corrected chi connectivity index (χ1v) is 7.90. The number of nitro groups is 1. The normalized spacial score (nSPS) is 11.0. The van der Waals surface area contributed by atoms with Crippen molar-refractivity contribution in [3.8, 4) is 0 Å². The number of sulfone groups is 1. The summed E-state index contributed by atoms with van der Waals surface area (Å²) in [5, 5.41) is 10.8. The van der Waals surface area contributed by atoms with Gasteiger partial charge in [-0.15, -0.1) is 0 Å². The molecule has 0 aliphatic heterocycles. The van der Waals surface area contributed by atoms with E-state index in [1.807, 2.05) is 0 Å². The van der Waals surface area contributed by atoms with Gasteiger partial charge < -0.3 is 10.3 Å². The van der Waals surface area contributed by atoms with Crippen molar-refractivity contribution in [1.29, 1.82) is 0 Å². The molecule has 1 amide bonds. The molecule has 0 spiro atoms. The highest BCUT2D eigenvalue weighted by molar-refractivity contribution is 7.90. The molecule has 0 aliphatic rings. The molecule has 116 valence electrons. The number of rotatable bonds is 6. The van der Waals surface area contributed by atoms with E-state index >= 15 is 0 Å². The van der Waals surface area contributed by atoms with Crippen LogP contribution in [0.25, 0.3) is 0 Å². The van der Waals surface area contributed by atoms with Crippen molar-refractivity contribution in [2.45, 2.75) is 0 Å². The van der Waals surface area contributed by atoms with Crippen molar-refractivity contribution in [2.75, 3.05) is 31.0 Å². The van der Waals surface area contributed by atoms with Crippen molar-refractivity contribution in [2.24, 2.45) is 5.84 Å². The number of nitrogen functional groups attached to an aromatic ring is 1.